The predicted molar refractivity (Wildman–Crippen MR) is 83.9 cm³/mol. The van der Waals surface area contributed by atoms with E-state index in [0.717, 1.165) is 13.1 Å². The molecule has 21 heavy (non-hydrogen) atoms. The van der Waals surface area contributed by atoms with Gasteiger partial charge in [0.1, 0.15) is 5.02 Å². The highest BCUT2D eigenvalue weighted by Crippen LogP contribution is 2.16. The second-order valence-electron chi connectivity index (χ2n) is 5.62. The summed E-state index contributed by atoms with van der Waals surface area (Å²) in [5, 5.41) is 16.2. The first-order valence-corrected chi connectivity index (χ1v) is 7.82. The highest BCUT2D eigenvalue weighted by atomic mass is 35.5. The van der Waals surface area contributed by atoms with E-state index in [4.69, 9.17) is 16.7 Å². The first-order valence-electron chi connectivity index (χ1n) is 7.44. The summed E-state index contributed by atoms with van der Waals surface area (Å²) in [6, 6.07) is 0. The van der Waals surface area contributed by atoms with Crippen LogP contribution in [0.4, 0.5) is 5.69 Å². The zero-order valence-corrected chi connectivity index (χ0v) is 13.1. The summed E-state index contributed by atoms with van der Waals surface area (Å²) in [7, 11) is 0. The highest BCUT2D eigenvalue weighted by molar-refractivity contribution is 6.32. The van der Waals surface area contributed by atoms with Gasteiger partial charge in [0.05, 0.1) is 25.0 Å². The molecule has 1 aromatic rings. The van der Waals surface area contributed by atoms with Crippen LogP contribution in [0.1, 0.15) is 19.8 Å². The van der Waals surface area contributed by atoms with Crippen molar-refractivity contribution in [1.82, 2.24) is 14.7 Å². The second kappa shape index (κ2) is 7.77. The number of halogens is 1. The van der Waals surface area contributed by atoms with Gasteiger partial charge in [-0.15, -0.1) is 0 Å². The van der Waals surface area contributed by atoms with E-state index in [1.807, 2.05) is 0 Å². The fourth-order valence-corrected chi connectivity index (χ4v) is 2.81. The number of likely N-dealkylation sites (tertiary alicyclic amines) is 1. The lowest BCUT2D eigenvalue weighted by Gasteiger charge is -2.21. The van der Waals surface area contributed by atoms with Gasteiger partial charge in [-0.3, -0.25) is 4.79 Å². The van der Waals surface area contributed by atoms with E-state index >= 15 is 0 Å². The molecule has 0 bridgehead atoms. The van der Waals surface area contributed by atoms with Gasteiger partial charge in [0.15, 0.2) is 0 Å². The number of nitrogens with one attached hydrogen (secondary N) is 1. The summed E-state index contributed by atoms with van der Waals surface area (Å²) in [6.45, 7) is 6.38. The average Bonchev–Trinajstić information content (AvgIpc) is 2.96. The fraction of sp³-hybridized carbons (Fsp3) is 0.714. The molecular formula is C14H23ClN4O2. The van der Waals surface area contributed by atoms with Crippen molar-refractivity contribution >= 4 is 17.3 Å². The Morgan fingerprint density at radius 3 is 2.86 bits per heavy atom. The van der Waals surface area contributed by atoms with Crippen molar-refractivity contribution in [3.8, 4) is 0 Å². The molecule has 7 heteroatoms. The summed E-state index contributed by atoms with van der Waals surface area (Å²) in [5.41, 5.74) is 0.187. The number of aromatic nitrogens is 2. The molecule has 1 fully saturated rings. The summed E-state index contributed by atoms with van der Waals surface area (Å²) in [4.78, 5) is 14.4. The Morgan fingerprint density at radius 1 is 1.48 bits per heavy atom. The molecular weight excluding hydrogens is 292 g/mol. The predicted octanol–water partition coefficient (Wildman–Crippen LogP) is 1.03. The topological polar surface area (TPSA) is 70.4 Å². The van der Waals surface area contributed by atoms with Crippen LogP contribution in [0.2, 0.25) is 5.02 Å². The average molecular weight is 315 g/mol. The van der Waals surface area contributed by atoms with E-state index in [1.54, 1.807) is 6.20 Å². The minimum Gasteiger partial charge on any atom is -0.394 e. The summed E-state index contributed by atoms with van der Waals surface area (Å²) in [5.74, 6) is 0.471. The van der Waals surface area contributed by atoms with Gasteiger partial charge in [0.2, 0.25) is 0 Å². The van der Waals surface area contributed by atoms with Crippen LogP contribution in [-0.2, 0) is 6.54 Å². The molecule has 1 aliphatic heterocycles. The minimum atomic E-state index is -0.372. The van der Waals surface area contributed by atoms with E-state index < -0.39 is 0 Å². The zero-order chi connectivity index (χ0) is 15.2. The van der Waals surface area contributed by atoms with Gasteiger partial charge in [-0.25, -0.2) is 4.68 Å². The normalized spacial score (nSPS) is 17.1. The Hall–Kier alpha value is -1.11. The zero-order valence-electron chi connectivity index (χ0n) is 12.4. The monoisotopic (exact) mass is 314 g/mol. The Bertz CT molecular complexity index is 514. The first-order chi connectivity index (χ1) is 10.1. The number of aliphatic hydroxyl groups is 1. The number of rotatable bonds is 7. The number of hydrogen-bond acceptors (Lipinski definition) is 5. The molecule has 1 atom stereocenters. The SMILES string of the molecule is CC(CNc1cnn(CCO)c(=O)c1Cl)CN1CCCC1. The van der Waals surface area contributed by atoms with Gasteiger partial charge in [-0.1, -0.05) is 18.5 Å². The molecule has 0 radical (unpaired) electrons. The van der Waals surface area contributed by atoms with E-state index in [1.165, 1.54) is 30.6 Å². The molecule has 0 amide bonds. The summed E-state index contributed by atoms with van der Waals surface area (Å²) in [6.07, 6.45) is 4.12. The van der Waals surface area contributed by atoms with E-state index in [9.17, 15) is 4.79 Å². The van der Waals surface area contributed by atoms with Crippen LogP contribution in [0, 0.1) is 5.92 Å². The quantitative estimate of drug-likeness (QED) is 0.787. The number of nitrogens with zero attached hydrogens (tertiary/aromatic N) is 3. The molecule has 1 unspecified atom stereocenters. The van der Waals surface area contributed by atoms with Crippen LogP contribution in [0.5, 0.6) is 0 Å². The highest BCUT2D eigenvalue weighted by Gasteiger charge is 2.15. The van der Waals surface area contributed by atoms with Crippen LogP contribution in [-0.4, -0.2) is 52.6 Å². The van der Waals surface area contributed by atoms with Crippen molar-refractivity contribution < 1.29 is 5.11 Å². The van der Waals surface area contributed by atoms with Crippen molar-refractivity contribution in [3.63, 3.8) is 0 Å². The Kier molecular flexibility index (Phi) is 6.02. The molecule has 1 aromatic heterocycles. The Labute approximate surface area is 129 Å². The lowest BCUT2D eigenvalue weighted by molar-refractivity contribution is 0.266. The lowest BCUT2D eigenvalue weighted by Crippen LogP contribution is -2.30. The molecule has 6 nitrogen and oxygen atoms in total. The van der Waals surface area contributed by atoms with Crippen LogP contribution in [0.15, 0.2) is 11.0 Å². The van der Waals surface area contributed by atoms with Gasteiger partial charge in [0, 0.05) is 13.1 Å². The van der Waals surface area contributed by atoms with Crippen molar-refractivity contribution in [3.05, 3.63) is 21.6 Å². The molecule has 0 aromatic carbocycles. The smallest absolute Gasteiger partial charge is 0.287 e. The third-order valence-electron chi connectivity index (χ3n) is 3.71. The molecule has 1 aliphatic rings. The summed E-state index contributed by atoms with van der Waals surface area (Å²) < 4.78 is 1.17. The maximum atomic E-state index is 11.9. The molecule has 2 heterocycles. The van der Waals surface area contributed by atoms with Crippen molar-refractivity contribution in [2.45, 2.75) is 26.3 Å². The van der Waals surface area contributed by atoms with Crippen molar-refractivity contribution in [1.29, 1.82) is 0 Å². The third kappa shape index (κ3) is 4.43. The number of anilines is 1. The largest absolute Gasteiger partial charge is 0.394 e. The van der Waals surface area contributed by atoms with E-state index in [2.05, 4.69) is 22.2 Å². The van der Waals surface area contributed by atoms with Crippen molar-refractivity contribution in [2.75, 3.05) is 38.1 Å². The molecule has 2 rings (SSSR count). The van der Waals surface area contributed by atoms with Crippen molar-refractivity contribution in [2.24, 2.45) is 5.92 Å². The van der Waals surface area contributed by atoms with Gasteiger partial charge in [-0.05, 0) is 31.8 Å². The number of aliphatic hydroxyl groups excluding tert-OH is 1. The van der Waals surface area contributed by atoms with Gasteiger partial charge >= 0.3 is 0 Å². The number of hydrogen-bond donors (Lipinski definition) is 2. The standard InChI is InChI=1S/C14H23ClN4O2/c1-11(10-18-4-2-3-5-18)8-16-12-9-17-19(6-7-20)14(21)13(12)15/h9,11,16,20H,2-8,10H2,1H3. The first kappa shape index (κ1) is 16.3. The van der Waals surface area contributed by atoms with Crippen LogP contribution in [0.3, 0.4) is 0 Å². The molecule has 118 valence electrons. The van der Waals surface area contributed by atoms with Crippen LogP contribution >= 0.6 is 11.6 Å². The summed E-state index contributed by atoms with van der Waals surface area (Å²) >= 11 is 6.06. The van der Waals surface area contributed by atoms with Gasteiger partial charge < -0.3 is 15.3 Å². The molecule has 0 aliphatic carbocycles. The molecule has 1 saturated heterocycles. The molecule has 0 saturated carbocycles. The molecule has 2 N–H and O–H groups in total. The maximum Gasteiger partial charge on any atom is 0.287 e. The Balaban J connectivity index is 1.90. The second-order valence-corrected chi connectivity index (χ2v) is 6.00. The minimum absolute atomic E-state index is 0.131. The van der Waals surface area contributed by atoms with Gasteiger partial charge in [0.25, 0.3) is 5.56 Å². The van der Waals surface area contributed by atoms with Crippen LogP contribution < -0.4 is 10.9 Å². The van der Waals surface area contributed by atoms with E-state index in [0.29, 0.717) is 11.6 Å². The third-order valence-corrected chi connectivity index (χ3v) is 4.07. The Morgan fingerprint density at radius 2 is 2.19 bits per heavy atom. The maximum absolute atomic E-state index is 11.9. The van der Waals surface area contributed by atoms with Gasteiger partial charge in [-0.2, -0.15) is 5.10 Å². The molecule has 0 spiro atoms. The fourth-order valence-electron chi connectivity index (χ4n) is 2.60. The lowest BCUT2D eigenvalue weighted by atomic mass is 10.1. The van der Waals surface area contributed by atoms with E-state index in [-0.39, 0.29) is 23.7 Å². The van der Waals surface area contributed by atoms with Crippen LogP contribution in [0.25, 0.3) is 0 Å².